The van der Waals surface area contributed by atoms with Crippen molar-refractivity contribution in [2.24, 2.45) is 23.2 Å². The van der Waals surface area contributed by atoms with Gasteiger partial charge in [0.25, 0.3) is 0 Å². The molecule has 1 atom stereocenters. The average Bonchev–Trinajstić information content (AvgIpc) is 3.27. The maximum absolute atomic E-state index is 12.7. The minimum absolute atomic E-state index is 0.0282. The summed E-state index contributed by atoms with van der Waals surface area (Å²) in [7, 11) is 0. The van der Waals surface area contributed by atoms with Gasteiger partial charge < -0.3 is 10.0 Å². The quantitative estimate of drug-likeness (QED) is 0.840. The Morgan fingerprint density at radius 1 is 1.13 bits per heavy atom. The molecule has 4 nitrogen and oxygen atoms in total. The highest BCUT2D eigenvalue weighted by Crippen LogP contribution is 2.59. The lowest BCUT2D eigenvalue weighted by molar-refractivity contribution is -0.140. The van der Waals surface area contributed by atoms with Gasteiger partial charge in [-0.25, -0.2) is 0 Å². The van der Waals surface area contributed by atoms with E-state index in [1.807, 2.05) is 4.90 Å². The molecule has 0 aromatic carbocycles. The van der Waals surface area contributed by atoms with Crippen LogP contribution in [0.2, 0.25) is 0 Å². The van der Waals surface area contributed by atoms with Crippen LogP contribution in [0, 0.1) is 23.2 Å². The molecule has 23 heavy (non-hydrogen) atoms. The summed E-state index contributed by atoms with van der Waals surface area (Å²) in [6, 6.07) is 0. The van der Waals surface area contributed by atoms with Crippen LogP contribution in [0.1, 0.15) is 71.1 Å². The van der Waals surface area contributed by atoms with Gasteiger partial charge in [0.15, 0.2) is 0 Å². The predicted octanol–water partition coefficient (Wildman–Crippen LogP) is 3.70. The van der Waals surface area contributed by atoms with Gasteiger partial charge in [-0.15, -0.1) is 0 Å². The summed E-state index contributed by atoms with van der Waals surface area (Å²) in [6.45, 7) is 3.80. The van der Waals surface area contributed by atoms with Crippen LogP contribution < -0.4 is 0 Å². The number of rotatable bonds is 5. The van der Waals surface area contributed by atoms with E-state index in [9.17, 15) is 9.59 Å². The molecule has 0 bridgehead atoms. The normalized spacial score (nSPS) is 32.7. The number of hydrogen-bond donors (Lipinski definition) is 1. The molecule has 1 heterocycles. The topological polar surface area (TPSA) is 57.6 Å². The minimum atomic E-state index is -0.643. The molecule has 0 aromatic heterocycles. The van der Waals surface area contributed by atoms with Crippen molar-refractivity contribution in [1.29, 1.82) is 0 Å². The van der Waals surface area contributed by atoms with Gasteiger partial charge in [-0.1, -0.05) is 26.2 Å². The molecule has 130 valence electrons. The molecule has 3 aliphatic rings. The zero-order valence-electron chi connectivity index (χ0n) is 14.4. The molecular formula is C19H31NO3. The fourth-order valence-corrected chi connectivity index (χ4v) is 4.87. The summed E-state index contributed by atoms with van der Waals surface area (Å²) in [6.07, 6.45) is 11.1. The molecular weight excluding hydrogens is 290 g/mol. The van der Waals surface area contributed by atoms with Gasteiger partial charge in [-0.2, -0.15) is 0 Å². The summed E-state index contributed by atoms with van der Waals surface area (Å²) >= 11 is 0. The van der Waals surface area contributed by atoms with Crippen molar-refractivity contribution in [1.82, 2.24) is 4.90 Å². The van der Waals surface area contributed by atoms with Crippen LogP contribution in [0.15, 0.2) is 0 Å². The number of hydrogen-bond acceptors (Lipinski definition) is 2. The first-order valence-electron chi connectivity index (χ1n) is 9.57. The fraction of sp³-hybridized carbons (Fsp3) is 0.895. The number of amides is 1. The standard InChI is InChI=1S/C19H31NO3/c1-2-3-4-14-5-7-15(8-6-14)17(21)20-11-9-19(10-12-20)13-16(19)18(22)23/h14-16H,2-13H2,1H3,(H,22,23). The number of carbonyl (C=O) groups is 2. The number of carbonyl (C=O) groups excluding carboxylic acids is 1. The van der Waals surface area contributed by atoms with Gasteiger partial charge in [0.1, 0.15) is 0 Å². The van der Waals surface area contributed by atoms with Crippen molar-refractivity contribution < 1.29 is 14.7 Å². The highest BCUT2D eigenvalue weighted by molar-refractivity contribution is 5.79. The van der Waals surface area contributed by atoms with Crippen molar-refractivity contribution in [2.45, 2.75) is 71.1 Å². The van der Waals surface area contributed by atoms with E-state index < -0.39 is 5.97 Å². The second-order valence-corrected chi connectivity index (χ2v) is 8.14. The lowest BCUT2D eigenvalue weighted by atomic mass is 9.79. The van der Waals surface area contributed by atoms with Crippen molar-refractivity contribution in [2.75, 3.05) is 13.1 Å². The average molecular weight is 321 g/mol. The monoisotopic (exact) mass is 321 g/mol. The van der Waals surface area contributed by atoms with E-state index in [1.54, 1.807) is 0 Å². The van der Waals surface area contributed by atoms with Crippen LogP contribution in [0.4, 0.5) is 0 Å². The number of piperidine rings is 1. The van der Waals surface area contributed by atoms with Crippen LogP contribution in [0.5, 0.6) is 0 Å². The molecule has 3 fully saturated rings. The van der Waals surface area contributed by atoms with Gasteiger partial charge in [0.2, 0.25) is 5.91 Å². The Balaban J connectivity index is 1.43. The van der Waals surface area contributed by atoms with E-state index in [4.69, 9.17) is 5.11 Å². The molecule has 1 saturated heterocycles. The molecule has 1 N–H and O–H groups in total. The molecule has 0 radical (unpaired) electrons. The van der Waals surface area contributed by atoms with Gasteiger partial charge in [0.05, 0.1) is 5.92 Å². The van der Waals surface area contributed by atoms with E-state index in [-0.39, 0.29) is 17.3 Å². The first-order valence-corrected chi connectivity index (χ1v) is 9.57. The second-order valence-electron chi connectivity index (χ2n) is 8.14. The van der Waals surface area contributed by atoms with Crippen molar-refractivity contribution in [3.05, 3.63) is 0 Å². The molecule has 4 heteroatoms. The van der Waals surface area contributed by atoms with Crippen LogP contribution in [0.25, 0.3) is 0 Å². The highest BCUT2D eigenvalue weighted by atomic mass is 16.4. The summed E-state index contributed by atoms with van der Waals surface area (Å²) in [5.41, 5.74) is 0.0282. The molecule has 2 saturated carbocycles. The summed E-state index contributed by atoms with van der Waals surface area (Å²) in [4.78, 5) is 25.9. The van der Waals surface area contributed by atoms with Crippen LogP contribution in [-0.4, -0.2) is 35.0 Å². The Kier molecular flexibility index (Phi) is 4.98. The molecule has 1 aliphatic heterocycles. The Morgan fingerprint density at radius 2 is 1.78 bits per heavy atom. The SMILES string of the molecule is CCCCC1CCC(C(=O)N2CCC3(CC2)CC3C(=O)O)CC1. The second kappa shape index (κ2) is 6.82. The number of nitrogens with zero attached hydrogens (tertiary/aromatic N) is 1. The first kappa shape index (κ1) is 16.8. The maximum atomic E-state index is 12.7. The zero-order valence-corrected chi connectivity index (χ0v) is 14.4. The lowest BCUT2D eigenvalue weighted by Gasteiger charge is -2.36. The zero-order chi connectivity index (χ0) is 16.4. The fourth-order valence-electron chi connectivity index (χ4n) is 4.87. The predicted molar refractivity (Wildman–Crippen MR) is 89.0 cm³/mol. The van der Waals surface area contributed by atoms with Gasteiger partial charge in [-0.05, 0) is 56.3 Å². The molecule has 1 unspecified atom stereocenters. The van der Waals surface area contributed by atoms with Gasteiger partial charge in [-0.3, -0.25) is 9.59 Å². The third kappa shape index (κ3) is 3.56. The third-order valence-electron chi connectivity index (χ3n) is 6.72. The number of unbranched alkanes of at least 4 members (excludes halogenated alkanes) is 1. The van der Waals surface area contributed by atoms with E-state index in [1.165, 1.54) is 32.1 Å². The van der Waals surface area contributed by atoms with E-state index in [0.29, 0.717) is 5.91 Å². The molecule has 1 spiro atoms. The van der Waals surface area contributed by atoms with Crippen LogP contribution in [0.3, 0.4) is 0 Å². The molecule has 1 amide bonds. The van der Waals surface area contributed by atoms with Crippen LogP contribution >= 0.6 is 0 Å². The number of likely N-dealkylation sites (tertiary alicyclic amines) is 1. The summed E-state index contributed by atoms with van der Waals surface area (Å²) in [5.74, 6) is 0.632. The Labute approximate surface area is 139 Å². The van der Waals surface area contributed by atoms with E-state index in [2.05, 4.69) is 6.92 Å². The number of carboxylic acid groups (broad SMARTS) is 1. The van der Waals surface area contributed by atoms with Crippen molar-refractivity contribution in [3.8, 4) is 0 Å². The minimum Gasteiger partial charge on any atom is -0.481 e. The Morgan fingerprint density at radius 3 is 2.30 bits per heavy atom. The third-order valence-corrected chi connectivity index (χ3v) is 6.72. The first-order chi connectivity index (χ1) is 11.1. The van der Waals surface area contributed by atoms with E-state index in [0.717, 1.165) is 51.1 Å². The summed E-state index contributed by atoms with van der Waals surface area (Å²) < 4.78 is 0. The van der Waals surface area contributed by atoms with Crippen molar-refractivity contribution >= 4 is 11.9 Å². The highest BCUT2D eigenvalue weighted by Gasteiger charge is 2.59. The summed E-state index contributed by atoms with van der Waals surface area (Å²) in [5, 5.41) is 9.16. The molecule has 0 aromatic rings. The maximum Gasteiger partial charge on any atom is 0.307 e. The van der Waals surface area contributed by atoms with Crippen LogP contribution in [-0.2, 0) is 9.59 Å². The van der Waals surface area contributed by atoms with Gasteiger partial charge in [0, 0.05) is 19.0 Å². The Hall–Kier alpha value is -1.06. The van der Waals surface area contributed by atoms with Gasteiger partial charge >= 0.3 is 5.97 Å². The smallest absolute Gasteiger partial charge is 0.307 e. The number of carboxylic acids is 1. The van der Waals surface area contributed by atoms with E-state index >= 15 is 0 Å². The van der Waals surface area contributed by atoms with Crippen molar-refractivity contribution in [3.63, 3.8) is 0 Å². The number of aliphatic carboxylic acids is 1. The largest absolute Gasteiger partial charge is 0.481 e. The molecule has 3 rings (SSSR count). The molecule has 2 aliphatic carbocycles. The Bertz CT molecular complexity index is 446. The lowest BCUT2D eigenvalue weighted by Crippen LogP contribution is -2.43.